The van der Waals surface area contributed by atoms with E-state index in [1.165, 1.54) is 6.07 Å². The summed E-state index contributed by atoms with van der Waals surface area (Å²) < 4.78 is 10.4. The first-order chi connectivity index (χ1) is 13.1. The molecule has 0 aromatic heterocycles. The van der Waals surface area contributed by atoms with Crippen LogP contribution in [0.25, 0.3) is 0 Å². The highest BCUT2D eigenvalue weighted by molar-refractivity contribution is 6.05. The summed E-state index contributed by atoms with van der Waals surface area (Å²) in [6, 6.07) is 11.6. The van der Waals surface area contributed by atoms with Crippen LogP contribution < -0.4 is 15.4 Å². The van der Waals surface area contributed by atoms with Gasteiger partial charge in [-0.05, 0) is 49.2 Å². The van der Waals surface area contributed by atoms with Gasteiger partial charge in [-0.15, -0.1) is 0 Å². The van der Waals surface area contributed by atoms with Crippen LogP contribution in [-0.4, -0.2) is 37.2 Å². The molecule has 0 aliphatic heterocycles. The largest absolute Gasteiger partial charge is 0.491 e. The van der Waals surface area contributed by atoms with Crippen molar-refractivity contribution in [3.05, 3.63) is 58.1 Å². The van der Waals surface area contributed by atoms with Crippen molar-refractivity contribution in [1.29, 1.82) is 0 Å². The Bertz CT molecular complexity index is 819. The van der Waals surface area contributed by atoms with Crippen molar-refractivity contribution in [1.82, 2.24) is 0 Å². The van der Waals surface area contributed by atoms with E-state index in [1.54, 1.807) is 43.5 Å². The minimum absolute atomic E-state index is 0.101. The fourth-order valence-electron chi connectivity index (χ4n) is 2.47. The number of rotatable bonds is 9. The maximum absolute atomic E-state index is 12.4. The molecule has 1 aliphatic carbocycles. The van der Waals surface area contributed by atoms with Crippen molar-refractivity contribution in [2.75, 3.05) is 31.0 Å². The van der Waals surface area contributed by atoms with Gasteiger partial charge in [0, 0.05) is 30.5 Å². The van der Waals surface area contributed by atoms with Gasteiger partial charge in [-0.1, -0.05) is 0 Å². The van der Waals surface area contributed by atoms with Crippen LogP contribution in [0.5, 0.6) is 5.75 Å². The quantitative estimate of drug-likeness (QED) is 0.398. The standard InChI is InChI=1S/C19H21N3O5/c1-26-10-11-27-16-7-5-15(6-8-16)21-19(23)13-2-9-17(20-14-3-4-14)18(12-13)22(24)25/h2,5-9,12,14,20H,3-4,10-11H2,1H3,(H,21,23). The van der Waals surface area contributed by atoms with Gasteiger partial charge in [-0.2, -0.15) is 0 Å². The number of amides is 1. The average Bonchev–Trinajstić information content (AvgIpc) is 3.47. The molecule has 27 heavy (non-hydrogen) atoms. The van der Waals surface area contributed by atoms with E-state index < -0.39 is 10.8 Å². The summed E-state index contributed by atoms with van der Waals surface area (Å²) in [4.78, 5) is 23.3. The molecule has 1 aliphatic rings. The molecule has 2 aromatic rings. The van der Waals surface area contributed by atoms with Crippen molar-refractivity contribution in [2.24, 2.45) is 0 Å². The number of nitro groups is 1. The molecule has 3 rings (SSSR count). The average molecular weight is 371 g/mol. The zero-order valence-electron chi connectivity index (χ0n) is 14.9. The first-order valence-corrected chi connectivity index (χ1v) is 8.65. The summed E-state index contributed by atoms with van der Waals surface area (Å²) in [7, 11) is 1.60. The molecule has 0 saturated heterocycles. The molecule has 0 unspecified atom stereocenters. The molecule has 1 saturated carbocycles. The molecule has 0 heterocycles. The molecule has 1 amide bonds. The lowest BCUT2D eigenvalue weighted by atomic mass is 10.1. The third-order valence-electron chi connectivity index (χ3n) is 4.06. The minimum Gasteiger partial charge on any atom is -0.491 e. The summed E-state index contributed by atoms with van der Waals surface area (Å²) in [5.74, 6) is 0.250. The van der Waals surface area contributed by atoms with Crippen LogP contribution in [0.4, 0.5) is 17.1 Å². The van der Waals surface area contributed by atoms with Gasteiger partial charge in [0.2, 0.25) is 0 Å². The van der Waals surface area contributed by atoms with E-state index in [1.807, 2.05) is 0 Å². The van der Waals surface area contributed by atoms with Crippen molar-refractivity contribution in [3.8, 4) is 5.75 Å². The van der Waals surface area contributed by atoms with Crippen molar-refractivity contribution >= 4 is 23.0 Å². The third kappa shape index (κ3) is 5.18. The predicted molar refractivity (Wildman–Crippen MR) is 102 cm³/mol. The molecule has 142 valence electrons. The molecule has 8 nitrogen and oxygen atoms in total. The van der Waals surface area contributed by atoms with Gasteiger partial charge in [0.1, 0.15) is 18.0 Å². The Morgan fingerprint density at radius 1 is 1.19 bits per heavy atom. The van der Waals surface area contributed by atoms with Gasteiger partial charge in [0.05, 0.1) is 11.5 Å². The maximum Gasteiger partial charge on any atom is 0.293 e. The van der Waals surface area contributed by atoms with Crippen LogP contribution in [0.2, 0.25) is 0 Å². The highest BCUT2D eigenvalue weighted by atomic mass is 16.6. The summed E-state index contributed by atoms with van der Waals surface area (Å²) >= 11 is 0. The molecule has 2 aromatic carbocycles. The Morgan fingerprint density at radius 2 is 1.93 bits per heavy atom. The van der Waals surface area contributed by atoms with Crippen molar-refractivity contribution in [3.63, 3.8) is 0 Å². The van der Waals surface area contributed by atoms with Crippen molar-refractivity contribution < 1.29 is 19.2 Å². The lowest BCUT2D eigenvalue weighted by Crippen LogP contribution is -2.13. The maximum atomic E-state index is 12.4. The van der Waals surface area contributed by atoms with Gasteiger partial charge in [-0.3, -0.25) is 14.9 Å². The molecular weight excluding hydrogens is 350 g/mol. The number of nitrogens with zero attached hydrogens (tertiary/aromatic N) is 1. The minimum atomic E-state index is -0.479. The first-order valence-electron chi connectivity index (χ1n) is 8.65. The first kappa shape index (κ1) is 18.7. The number of anilines is 2. The number of nitrogens with one attached hydrogen (secondary N) is 2. The predicted octanol–water partition coefficient (Wildman–Crippen LogP) is 3.45. The van der Waals surface area contributed by atoms with Crippen LogP contribution in [0, 0.1) is 10.1 Å². The third-order valence-corrected chi connectivity index (χ3v) is 4.06. The second-order valence-electron chi connectivity index (χ2n) is 6.23. The van der Waals surface area contributed by atoms with Crippen LogP contribution in [0.15, 0.2) is 42.5 Å². The second-order valence-corrected chi connectivity index (χ2v) is 6.23. The van der Waals surface area contributed by atoms with E-state index >= 15 is 0 Å². The van der Waals surface area contributed by atoms with Gasteiger partial charge >= 0.3 is 0 Å². The Morgan fingerprint density at radius 3 is 2.56 bits per heavy atom. The number of ether oxygens (including phenoxy) is 2. The Kier molecular flexibility index (Phi) is 5.87. The number of methoxy groups -OCH3 is 1. The van der Waals surface area contributed by atoms with E-state index in [-0.39, 0.29) is 17.3 Å². The lowest BCUT2D eigenvalue weighted by molar-refractivity contribution is -0.384. The van der Waals surface area contributed by atoms with E-state index in [4.69, 9.17) is 9.47 Å². The monoisotopic (exact) mass is 371 g/mol. The molecule has 0 atom stereocenters. The summed E-state index contributed by atoms with van der Waals surface area (Å²) in [5, 5.41) is 17.2. The summed E-state index contributed by atoms with van der Waals surface area (Å²) in [6.45, 7) is 0.927. The fourth-order valence-corrected chi connectivity index (χ4v) is 2.47. The highest BCUT2D eigenvalue weighted by Gasteiger charge is 2.25. The van der Waals surface area contributed by atoms with E-state index in [2.05, 4.69) is 10.6 Å². The number of carbonyl (C=O) groups is 1. The Balaban J connectivity index is 1.66. The topological polar surface area (TPSA) is 103 Å². The van der Waals surface area contributed by atoms with Crippen LogP contribution >= 0.6 is 0 Å². The Hall–Kier alpha value is -3.13. The lowest BCUT2D eigenvalue weighted by Gasteiger charge is -2.10. The molecule has 1 fully saturated rings. The fraction of sp³-hybridized carbons (Fsp3) is 0.316. The molecule has 0 radical (unpaired) electrons. The number of benzene rings is 2. The molecule has 0 spiro atoms. The van der Waals surface area contributed by atoms with Gasteiger partial charge in [-0.25, -0.2) is 0 Å². The van der Waals surface area contributed by atoms with Gasteiger partial charge < -0.3 is 20.1 Å². The normalized spacial score (nSPS) is 13.1. The zero-order chi connectivity index (χ0) is 19.2. The smallest absolute Gasteiger partial charge is 0.293 e. The van der Waals surface area contributed by atoms with E-state index in [0.29, 0.717) is 30.3 Å². The molecule has 2 N–H and O–H groups in total. The summed E-state index contributed by atoms with van der Waals surface area (Å²) in [5.41, 5.74) is 1.14. The zero-order valence-corrected chi connectivity index (χ0v) is 14.9. The van der Waals surface area contributed by atoms with Gasteiger partial charge in [0.25, 0.3) is 11.6 Å². The van der Waals surface area contributed by atoms with E-state index in [9.17, 15) is 14.9 Å². The summed E-state index contributed by atoms with van der Waals surface area (Å²) in [6.07, 6.45) is 2.01. The number of hydrogen-bond donors (Lipinski definition) is 2. The van der Waals surface area contributed by atoms with Crippen LogP contribution in [0.1, 0.15) is 23.2 Å². The SMILES string of the molecule is COCCOc1ccc(NC(=O)c2ccc(NC3CC3)c([N+](=O)[O-])c2)cc1. The van der Waals surface area contributed by atoms with Crippen molar-refractivity contribution in [2.45, 2.75) is 18.9 Å². The molecule has 8 heteroatoms. The highest BCUT2D eigenvalue weighted by Crippen LogP contribution is 2.31. The van der Waals surface area contributed by atoms with E-state index in [0.717, 1.165) is 12.8 Å². The number of carbonyl (C=O) groups excluding carboxylic acids is 1. The molecule has 0 bridgehead atoms. The Labute approximate surface area is 156 Å². The second kappa shape index (κ2) is 8.50. The van der Waals surface area contributed by atoms with Gasteiger partial charge in [0.15, 0.2) is 0 Å². The van der Waals surface area contributed by atoms with Crippen LogP contribution in [-0.2, 0) is 4.74 Å². The molecular formula is C19H21N3O5. The number of hydrogen-bond acceptors (Lipinski definition) is 6. The van der Waals surface area contributed by atoms with Crippen LogP contribution in [0.3, 0.4) is 0 Å². The number of nitro benzene ring substituents is 1.